The van der Waals surface area contributed by atoms with E-state index in [1.165, 1.54) is 11.1 Å². The molecule has 0 spiro atoms. The van der Waals surface area contributed by atoms with Gasteiger partial charge < -0.3 is 10.4 Å². The van der Waals surface area contributed by atoms with E-state index in [0.717, 1.165) is 30.7 Å². The van der Waals surface area contributed by atoms with Gasteiger partial charge in [-0.2, -0.15) is 0 Å². The molecule has 3 nitrogen and oxygen atoms in total. The van der Waals surface area contributed by atoms with E-state index in [0.29, 0.717) is 0 Å². The molecule has 4 heteroatoms. The quantitative estimate of drug-likeness (QED) is 0.884. The molecule has 0 amide bonds. The summed E-state index contributed by atoms with van der Waals surface area (Å²) in [7, 11) is 0. The fourth-order valence-corrected chi connectivity index (χ4v) is 3.42. The van der Waals surface area contributed by atoms with Crippen LogP contribution < -0.4 is 5.32 Å². The highest BCUT2D eigenvalue weighted by Gasteiger charge is 2.36. The molecular weight excluding hydrogens is 316 g/mol. The molecule has 1 fully saturated rings. The smallest absolute Gasteiger partial charge is 0.0500 e. The van der Waals surface area contributed by atoms with Crippen LogP contribution in [0.15, 0.2) is 22.7 Å². The molecule has 2 N–H and O–H groups in total. The van der Waals surface area contributed by atoms with Crippen LogP contribution in [0.25, 0.3) is 0 Å². The predicted molar refractivity (Wildman–Crippen MR) is 86.9 cm³/mol. The van der Waals surface area contributed by atoms with Crippen LogP contribution in [0.1, 0.15) is 31.0 Å². The summed E-state index contributed by atoms with van der Waals surface area (Å²) >= 11 is 3.58. The summed E-state index contributed by atoms with van der Waals surface area (Å²) < 4.78 is 1.10. The summed E-state index contributed by atoms with van der Waals surface area (Å²) in [5, 5.41) is 13.3. The first-order valence-corrected chi connectivity index (χ1v) is 8.06. The molecule has 112 valence electrons. The molecule has 0 unspecified atom stereocenters. The molecule has 0 radical (unpaired) electrons. The van der Waals surface area contributed by atoms with Crippen LogP contribution >= 0.6 is 15.9 Å². The third-order valence-corrected chi connectivity index (χ3v) is 4.69. The zero-order valence-electron chi connectivity index (χ0n) is 12.6. The van der Waals surface area contributed by atoms with Gasteiger partial charge in [0.05, 0.1) is 0 Å². The van der Waals surface area contributed by atoms with E-state index in [4.69, 9.17) is 0 Å². The van der Waals surface area contributed by atoms with E-state index < -0.39 is 0 Å². The molecule has 1 aromatic rings. The third kappa shape index (κ3) is 3.42. The van der Waals surface area contributed by atoms with Gasteiger partial charge in [0.2, 0.25) is 0 Å². The van der Waals surface area contributed by atoms with Crippen molar-refractivity contribution in [3.63, 3.8) is 0 Å². The van der Waals surface area contributed by atoms with Crippen molar-refractivity contribution in [3.8, 4) is 0 Å². The van der Waals surface area contributed by atoms with E-state index in [1.54, 1.807) is 0 Å². The van der Waals surface area contributed by atoms with Crippen LogP contribution in [-0.4, -0.2) is 42.8 Å². The lowest BCUT2D eigenvalue weighted by molar-refractivity contribution is 0.0302. The molecule has 0 saturated carbocycles. The summed E-state index contributed by atoms with van der Waals surface area (Å²) in [6, 6.07) is 6.69. The molecule has 1 atom stereocenters. The summed E-state index contributed by atoms with van der Waals surface area (Å²) in [4.78, 5) is 2.50. The monoisotopic (exact) mass is 340 g/mol. The van der Waals surface area contributed by atoms with Crippen LogP contribution in [0, 0.1) is 12.3 Å². The summed E-state index contributed by atoms with van der Waals surface area (Å²) in [6.07, 6.45) is 0. The molecule has 0 aliphatic carbocycles. The lowest BCUT2D eigenvalue weighted by Crippen LogP contribution is -2.49. The summed E-state index contributed by atoms with van der Waals surface area (Å²) in [5.41, 5.74) is 2.45. The molecule has 1 aliphatic heterocycles. The van der Waals surface area contributed by atoms with Gasteiger partial charge in [-0.25, -0.2) is 0 Å². The molecule has 1 saturated heterocycles. The lowest BCUT2D eigenvalue weighted by Gasteiger charge is -2.44. The Labute approximate surface area is 130 Å². The Hall–Kier alpha value is -0.420. The van der Waals surface area contributed by atoms with E-state index in [1.807, 2.05) is 0 Å². The van der Waals surface area contributed by atoms with Gasteiger partial charge in [0.1, 0.15) is 0 Å². The second-order valence-corrected chi connectivity index (χ2v) is 7.25. The largest absolute Gasteiger partial charge is 0.396 e. The Morgan fingerprint density at radius 1 is 1.35 bits per heavy atom. The van der Waals surface area contributed by atoms with Gasteiger partial charge in [0.15, 0.2) is 0 Å². The second-order valence-electron chi connectivity index (χ2n) is 6.34. The Bertz CT molecular complexity index is 456. The molecule has 1 heterocycles. The van der Waals surface area contributed by atoms with Crippen molar-refractivity contribution in [1.29, 1.82) is 0 Å². The van der Waals surface area contributed by atoms with Crippen LogP contribution in [0.5, 0.6) is 0 Å². The maximum atomic E-state index is 9.86. The number of aliphatic hydroxyl groups is 1. The highest BCUT2D eigenvalue weighted by Crippen LogP contribution is 2.40. The molecule has 0 bridgehead atoms. The molecule has 1 aliphatic rings. The zero-order chi connectivity index (χ0) is 14.8. The average Bonchev–Trinajstić information content (AvgIpc) is 2.44. The van der Waals surface area contributed by atoms with Gasteiger partial charge in [0, 0.05) is 48.7 Å². The second kappa shape index (κ2) is 6.56. The minimum Gasteiger partial charge on any atom is -0.396 e. The Balaban J connectivity index is 2.42. The minimum absolute atomic E-state index is 0.164. The van der Waals surface area contributed by atoms with Crippen molar-refractivity contribution in [2.24, 2.45) is 5.41 Å². The fraction of sp³-hybridized carbons (Fsp3) is 0.625. The van der Waals surface area contributed by atoms with Gasteiger partial charge in [-0.3, -0.25) is 4.90 Å². The molecule has 0 aromatic heterocycles. The highest BCUT2D eigenvalue weighted by molar-refractivity contribution is 9.10. The molecular formula is C16H25BrN2O. The number of hydrogen-bond donors (Lipinski definition) is 2. The van der Waals surface area contributed by atoms with Gasteiger partial charge in [-0.1, -0.05) is 35.8 Å². The average molecular weight is 341 g/mol. The number of nitrogens with zero attached hydrogens (tertiary/aromatic N) is 1. The summed E-state index contributed by atoms with van der Waals surface area (Å²) in [6.45, 7) is 10.7. The number of nitrogens with one attached hydrogen (secondary N) is 1. The van der Waals surface area contributed by atoms with Crippen LogP contribution in [0.4, 0.5) is 0 Å². The van der Waals surface area contributed by atoms with Crippen LogP contribution in [-0.2, 0) is 0 Å². The van der Waals surface area contributed by atoms with Crippen molar-refractivity contribution in [2.45, 2.75) is 26.8 Å². The maximum Gasteiger partial charge on any atom is 0.0500 e. The van der Waals surface area contributed by atoms with Crippen molar-refractivity contribution in [1.82, 2.24) is 10.2 Å². The van der Waals surface area contributed by atoms with E-state index in [-0.39, 0.29) is 18.1 Å². The number of aliphatic hydroxyl groups excluding tert-OH is 1. The first kappa shape index (κ1) is 16.0. The third-order valence-electron chi connectivity index (χ3n) is 4.20. The lowest BCUT2D eigenvalue weighted by atomic mass is 9.78. The number of rotatable bonds is 4. The predicted octanol–water partition coefficient (Wildman–Crippen LogP) is 2.72. The standard InChI is InChI=1S/C16H25BrN2O/c1-12-4-5-13(17)10-14(12)15(16(2,3)11-20)19-8-6-18-7-9-19/h4-5,10,15,18,20H,6-9,11H2,1-3H3/t15-/m1/s1. The van der Waals surface area contributed by atoms with Gasteiger partial charge in [-0.15, -0.1) is 0 Å². The van der Waals surface area contributed by atoms with Crippen molar-refractivity contribution >= 4 is 15.9 Å². The number of aryl methyl sites for hydroxylation is 1. The normalized spacial score (nSPS) is 19.1. The Morgan fingerprint density at radius 3 is 2.60 bits per heavy atom. The van der Waals surface area contributed by atoms with Crippen molar-refractivity contribution in [3.05, 3.63) is 33.8 Å². The van der Waals surface area contributed by atoms with Gasteiger partial charge >= 0.3 is 0 Å². The summed E-state index contributed by atoms with van der Waals surface area (Å²) in [5.74, 6) is 0. The first-order chi connectivity index (χ1) is 9.45. The number of benzene rings is 1. The fourth-order valence-electron chi connectivity index (χ4n) is 3.04. The van der Waals surface area contributed by atoms with Gasteiger partial charge in [0.25, 0.3) is 0 Å². The van der Waals surface area contributed by atoms with E-state index in [2.05, 4.69) is 65.1 Å². The zero-order valence-corrected chi connectivity index (χ0v) is 14.2. The topological polar surface area (TPSA) is 35.5 Å². The Kier molecular flexibility index (Phi) is 5.24. The van der Waals surface area contributed by atoms with Crippen molar-refractivity contribution in [2.75, 3.05) is 32.8 Å². The van der Waals surface area contributed by atoms with Crippen LogP contribution in [0.3, 0.4) is 0 Å². The maximum absolute atomic E-state index is 9.86. The van der Waals surface area contributed by atoms with Crippen LogP contribution in [0.2, 0.25) is 0 Å². The first-order valence-electron chi connectivity index (χ1n) is 7.27. The number of halogens is 1. The Morgan fingerprint density at radius 2 is 2.00 bits per heavy atom. The number of piperazine rings is 1. The highest BCUT2D eigenvalue weighted by atomic mass is 79.9. The molecule has 20 heavy (non-hydrogen) atoms. The number of hydrogen-bond acceptors (Lipinski definition) is 3. The molecule has 2 rings (SSSR count). The van der Waals surface area contributed by atoms with E-state index in [9.17, 15) is 5.11 Å². The van der Waals surface area contributed by atoms with Crippen molar-refractivity contribution < 1.29 is 5.11 Å². The SMILES string of the molecule is Cc1ccc(Br)cc1[C@@H](N1CCNCC1)C(C)(C)CO. The molecule has 1 aromatic carbocycles. The minimum atomic E-state index is -0.164. The van der Waals surface area contributed by atoms with Gasteiger partial charge in [-0.05, 0) is 30.2 Å². The van der Waals surface area contributed by atoms with E-state index >= 15 is 0 Å².